The van der Waals surface area contributed by atoms with Crippen LogP contribution in [0.3, 0.4) is 0 Å². The van der Waals surface area contributed by atoms with Crippen LogP contribution in [0.5, 0.6) is 0 Å². The lowest BCUT2D eigenvalue weighted by Crippen LogP contribution is -2.49. The summed E-state index contributed by atoms with van der Waals surface area (Å²) in [4.78, 5) is 27.6. The highest BCUT2D eigenvalue weighted by atomic mass is 16.2. The van der Waals surface area contributed by atoms with Gasteiger partial charge in [0.1, 0.15) is 6.04 Å². The summed E-state index contributed by atoms with van der Waals surface area (Å²) in [6.07, 6.45) is 0.876. The Hall–Kier alpha value is -2.62. The summed E-state index contributed by atoms with van der Waals surface area (Å²) in [6.45, 7) is 10.9. The van der Waals surface area contributed by atoms with Gasteiger partial charge >= 0.3 is 0 Å². The van der Waals surface area contributed by atoms with Crippen LogP contribution in [0.25, 0.3) is 0 Å². The number of aryl methyl sites for hydroxylation is 3. The standard InChI is InChI=1S/C24H32N2O2/c1-6-22(24(28)25-7-2)26(16-20-10-8-17(3)9-11-20)23(27)15-21-13-18(4)12-19(5)14-21/h8-14,22H,6-7,15-16H2,1-5H3,(H,25,28)/t22-/m0/s1. The first kappa shape index (κ1) is 21.7. The summed E-state index contributed by atoms with van der Waals surface area (Å²) >= 11 is 0. The lowest BCUT2D eigenvalue weighted by atomic mass is 10.0. The number of carbonyl (C=O) groups excluding carboxylic acids is 2. The van der Waals surface area contributed by atoms with Crippen molar-refractivity contribution >= 4 is 11.8 Å². The maximum absolute atomic E-state index is 13.3. The van der Waals surface area contributed by atoms with Crippen molar-refractivity contribution in [2.24, 2.45) is 0 Å². The molecule has 2 aromatic rings. The van der Waals surface area contributed by atoms with Crippen molar-refractivity contribution in [1.29, 1.82) is 0 Å². The molecule has 1 N–H and O–H groups in total. The van der Waals surface area contributed by atoms with Gasteiger partial charge in [-0.3, -0.25) is 9.59 Å². The molecule has 1 atom stereocenters. The molecule has 0 unspecified atom stereocenters. The largest absolute Gasteiger partial charge is 0.355 e. The first-order valence-corrected chi connectivity index (χ1v) is 10.0. The molecule has 2 rings (SSSR count). The molecule has 0 aromatic heterocycles. The highest BCUT2D eigenvalue weighted by molar-refractivity contribution is 5.88. The molecule has 28 heavy (non-hydrogen) atoms. The van der Waals surface area contributed by atoms with Crippen LogP contribution in [0.2, 0.25) is 0 Å². The third-order valence-electron chi connectivity index (χ3n) is 4.85. The SMILES string of the molecule is CCNC(=O)[C@H](CC)N(Cc1ccc(C)cc1)C(=O)Cc1cc(C)cc(C)c1. The second-order valence-electron chi connectivity index (χ2n) is 7.50. The van der Waals surface area contributed by atoms with Crippen molar-refractivity contribution in [2.75, 3.05) is 6.54 Å². The molecule has 0 aliphatic carbocycles. The Balaban J connectivity index is 2.30. The smallest absolute Gasteiger partial charge is 0.242 e. The Morgan fingerprint density at radius 3 is 2.04 bits per heavy atom. The molecule has 0 bridgehead atoms. The minimum absolute atomic E-state index is 0.0244. The average Bonchev–Trinajstić information content (AvgIpc) is 2.62. The van der Waals surface area contributed by atoms with Crippen molar-refractivity contribution < 1.29 is 9.59 Å². The molecule has 0 saturated carbocycles. The number of nitrogens with one attached hydrogen (secondary N) is 1. The molecule has 0 spiro atoms. The number of hydrogen-bond acceptors (Lipinski definition) is 2. The number of rotatable bonds is 8. The van der Waals surface area contributed by atoms with Crippen LogP contribution in [0.15, 0.2) is 42.5 Å². The Kier molecular flexibility index (Phi) is 7.80. The van der Waals surface area contributed by atoms with E-state index >= 15 is 0 Å². The maximum Gasteiger partial charge on any atom is 0.242 e. The fourth-order valence-corrected chi connectivity index (χ4v) is 3.55. The van der Waals surface area contributed by atoms with E-state index in [1.54, 1.807) is 4.90 Å². The highest BCUT2D eigenvalue weighted by Crippen LogP contribution is 2.17. The van der Waals surface area contributed by atoms with E-state index in [0.29, 0.717) is 25.9 Å². The van der Waals surface area contributed by atoms with E-state index in [2.05, 4.69) is 11.4 Å². The molecule has 2 amide bonds. The number of likely N-dealkylation sites (N-methyl/N-ethyl adjacent to an activating group) is 1. The third-order valence-corrected chi connectivity index (χ3v) is 4.85. The van der Waals surface area contributed by atoms with Gasteiger partial charge in [-0.15, -0.1) is 0 Å². The van der Waals surface area contributed by atoms with Crippen LogP contribution in [0, 0.1) is 20.8 Å². The van der Waals surface area contributed by atoms with Gasteiger partial charge in [0, 0.05) is 13.1 Å². The number of nitrogens with zero attached hydrogens (tertiary/aromatic N) is 1. The van der Waals surface area contributed by atoms with E-state index in [0.717, 1.165) is 22.3 Å². The number of carbonyl (C=O) groups is 2. The van der Waals surface area contributed by atoms with E-state index in [1.807, 2.05) is 71.0 Å². The second-order valence-corrected chi connectivity index (χ2v) is 7.50. The molecule has 4 nitrogen and oxygen atoms in total. The Morgan fingerprint density at radius 1 is 0.893 bits per heavy atom. The van der Waals surface area contributed by atoms with Gasteiger partial charge < -0.3 is 10.2 Å². The van der Waals surface area contributed by atoms with Gasteiger partial charge in [-0.2, -0.15) is 0 Å². The van der Waals surface area contributed by atoms with Crippen molar-refractivity contribution in [3.63, 3.8) is 0 Å². The molecule has 0 saturated heterocycles. The summed E-state index contributed by atoms with van der Waals surface area (Å²) < 4.78 is 0. The van der Waals surface area contributed by atoms with Gasteiger partial charge in [-0.05, 0) is 45.2 Å². The van der Waals surface area contributed by atoms with Crippen molar-refractivity contribution in [1.82, 2.24) is 10.2 Å². The molecule has 0 heterocycles. The van der Waals surface area contributed by atoms with Gasteiger partial charge in [-0.1, -0.05) is 66.1 Å². The van der Waals surface area contributed by atoms with E-state index in [1.165, 1.54) is 5.56 Å². The van der Waals surface area contributed by atoms with Crippen molar-refractivity contribution in [3.8, 4) is 0 Å². The predicted octanol–water partition coefficient (Wildman–Crippen LogP) is 4.10. The first-order chi connectivity index (χ1) is 13.3. The molecule has 0 aliphatic rings. The lowest BCUT2D eigenvalue weighted by molar-refractivity contribution is -0.140. The fourth-order valence-electron chi connectivity index (χ4n) is 3.55. The fraction of sp³-hybridized carbons (Fsp3) is 0.417. The lowest BCUT2D eigenvalue weighted by Gasteiger charge is -2.30. The van der Waals surface area contributed by atoms with Gasteiger partial charge in [0.25, 0.3) is 0 Å². The minimum Gasteiger partial charge on any atom is -0.355 e. The maximum atomic E-state index is 13.3. The third kappa shape index (κ3) is 5.95. The summed E-state index contributed by atoms with van der Waals surface area (Å²) in [6, 6.07) is 13.8. The first-order valence-electron chi connectivity index (χ1n) is 10.0. The summed E-state index contributed by atoms with van der Waals surface area (Å²) in [5.41, 5.74) is 5.48. The van der Waals surface area contributed by atoms with E-state index in [-0.39, 0.29) is 11.8 Å². The van der Waals surface area contributed by atoms with Crippen molar-refractivity contribution in [2.45, 2.75) is 60.0 Å². The molecule has 4 heteroatoms. The van der Waals surface area contributed by atoms with Crippen LogP contribution >= 0.6 is 0 Å². The Bertz CT molecular complexity index is 792. The van der Waals surface area contributed by atoms with Gasteiger partial charge in [0.05, 0.1) is 6.42 Å². The second kappa shape index (κ2) is 10.1. The quantitative estimate of drug-likeness (QED) is 0.750. The van der Waals surface area contributed by atoms with Gasteiger partial charge in [0.15, 0.2) is 0 Å². The van der Waals surface area contributed by atoms with E-state index in [4.69, 9.17) is 0 Å². The summed E-state index contributed by atoms with van der Waals surface area (Å²) in [7, 11) is 0. The van der Waals surface area contributed by atoms with E-state index in [9.17, 15) is 9.59 Å². The zero-order valence-electron chi connectivity index (χ0n) is 17.7. The van der Waals surface area contributed by atoms with Crippen LogP contribution in [0.1, 0.15) is 48.1 Å². The van der Waals surface area contributed by atoms with E-state index < -0.39 is 6.04 Å². The molecular weight excluding hydrogens is 348 g/mol. The molecule has 150 valence electrons. The topological polar surface area (TPSA) is 49.4 Å². The van der Waals surface area contributed by atoms with Gasteiger partial charge in [-0.25, -0.2) is 0 Å². The summed E-state index contributed by atoms with van der Waals surface area (Å²) in [5, 5.41) is 2.88. The number of amides is 2. The average molecular weight is 381 g/mol. The molecule has 0 fully saturated rings. The highest BCUT2D eigenvalue weighted by Gasteiger charge is 2.28. The number of benzene rings is 2. The predicted molar refractivity (Wildman–Crippen MR) is 114 cm³/mol. The van der Waals surface area contributed by atoms with Crippen molar-refractivity contribution in [3.05, 3.63) is 70.3 Å². The molecule has 0 radical (unpaired) electrons. The minimum atomic E-state index is -0.473. The Labute approximate surface area is 169 Å². The Morgan fingerprint density at radius 2 is 1.50 bits per heavy atom. The molecule has 2 aromatic carbocycles. The van der Waals surface area contributed by atoms with Gasteiger partial charge in [0.2, 0.25) is 11.8 Å². The normalized spacial score (nSPS) is 11.8. The zero-order chi connectivity index (χ0) is 20.7. The van der Waals surface area contributed by atoms with Crippen LogP contribution in [-0.4, -0.2) is 29.3 Å². The summed E-state index contributed by atoms with van der Waals surface area (Å²) in [5.74, 6) is -0.116. The molecule has 0 aliphatic heterocycles. The monoisotopic (exact) mass is 380 g/mol. The van der Waals surface area contributed by atoms with Crippen LogP contribution in [0.4, 0.5) is 0 Å². The zero-order valence-corrected chi connectivity index (χ0v) is 17.7. The van der Waals surface area contributed by atoms with Crippen LogP contribution in [-0.2, 0) is 22.6 Å². The van der Waals surface area contributed by atoms with Crippen LogP contribution < -0.4 is 5.32 Å². The number of hydrogen-bond donors (Lipinski definition) is 1. The molecular formula is C24H32N2O2.